The van der Waals surface area contributed by atoms with Crippen molar-refractivity contribution in [1.29, 1.82) is 0 Å². The standard InChI is InChI=1S/C13H9BrFNO3/c1-7-3-2-4-10(11(7)15)19-12-9(13(17)18)5-8(14)6-16-12/h2-6H,1H3,(H,17,18). The lowest BCUT2D eigenvalue weighted by molar-refractivity contribution is 0.0693. The molecule has 0 spiro atoms. The van der Waals surface area contributed by atoms with E-state index in [0.717, 1.165) is 0 Å². The highest BCUT2D eigenvalue weighted by Gasteiger charge is 2.16. The second-order valence-electron chi connectivity index (χ2n) is 3.80. The van der Waals surface area contributed by atoms with E-state index in [1.54, 1.807) is 19.1 Å². The Bertz CT molecular complexity index is 646. The SMILES string of the molecule is Cc1cccc(Oc2ncc(Br)cc2C(=O)O)c1F. The molecule has 2 aromatic rings. The molecule has 4 nitrogen and oxygen atoms in total. The molecule has 0 atom stereocenters. The Labute approximate surface area is 117 Å². The number of aryl methyl sites for hydroxylation is 1. The van der Waals surface area contributed by atoms with E-state index in [-0.39, 0.29) is 17.2 Å². The third-order valence-corrected chi connectivity index (χ3v) is 2.84. The van der Waals surface area contributed by atoms with Gasteiger partial charge in [0, 0.05) is 10.7 Å². The molecule has 0 aliphatic rings. The average molecular weight is 326 g/mol. The zero-order valence-electron chi connectivity index (χ0n) is 9.85. The van der Waals surface area contributed by atoms with Crippen LogP contribution in [0.4, 0.5) is 4.39 Å². The van der Waals surface area contributed by atoms with Crippen molar-refractivity contribution >= 4 is 21.9 Å². The summed E-state index contributed by atoms with van der Waals surface area (Å²) in [6.45, 7) is 1.59. The van der Waals surface area contributed by atoms with E-state index < -0.39 is 11.8 Å². The van der Waals surface area contributed by atoms with E-state index >= 15 is 0 Å². The summed E-state index contributed by atoms with van der Waals surface area (Å²) in [5.41, 5.74) is 0.266. The molecule has 0 saturated heterocycles. The molecular weight excluding hydrogens is 317 g/mol. The van der Waals surface area contributed by atoms with Crippen molar-refractivity contribution < 1.29 is 19.0 Å². The lowest BCUT2D eigenvalue weighted by Crippen LogP contribution is -2.03. The van der Waals surface area contributed by atoms with Gasteiger partial charge in [0.05, 0.1) is 0 Å². The van der Waals surface area contributed by atoms with Gasteiger partial charge < -0.3 is 9.84 Å². The lowest BCUT2D eigenvalue weighted by Gasteiger charge is -2.09. The van der Waals surface area contributed by atoms with Gasteiger partial charge in [-0.25, -0.2) is 14.2 Å². The Hall–Kier alpha value is -1.95. The summed E-state index contributed by atoms with van der Waals surface area (Å²) < 4.78 is 19.5. The monoisotopic (exact) mass is 325 g/mol. The van der Waals surface area contributed by atoms with Crippen LogP contribution in [-0.2, 0) is 0 Å². The molecule has 2 rings (SSSR count). The van der Waals surface area contributed by atoms with Gasteiger partial charge in [-0.3, -0.25) is 0 Å². The number of rotatable bonds is 3. The van der Waals surface area contributed by atoms with Crippen LogP contribution in [0.2, 0.25) is 0 Å². The van der Waals surface area contributed by atoms with Gasteiger partial charge in [-0.2, -0.15) is 0 Å². The quantitative estimate of drug-likeness (QED) is 0.932. The van der Waals surface area contributed by atoms with Gasteiger partial charge in [0.2, 0.25) is 5.88 Å². The van der Waals surface area contributed by atoms with E-state index in [4.69, 9.17) is 9.84 Å². The Morgan fingerprint density at radius 2 is 2.21 bits per heavy atom. The van der Waals surface area contributed by atoms with Gasteiger partial charge in [-0.05, 0) is 40.5 Å². The second-order valence-corrected chi connectivity index (χ2v) is 4.72. The molecule has 0 fully saturated rings. The molecule has 0 aliphatic heterocycles. The topological polar surface area (TPSA) is 59.4 Å². The summed E-state index contributed by atoms with van der Waals surface area (Å²) >= 11 is 3.12. The molecule has 0 bridgehead atoms. The maximum atomic E-state index is 13.8. The molecular formula is C13H9BrFNO3. The van der Waals surface area contributed by atoms with Crippen molar-refractivity contribution in [3.8, 4) is 11.6 Å². The van der Waals surface area contributed by atoms with Crippen molar-refractivity contribution in [3.63, 3.8) is 0 Å². The number of benzene rings is 1. The van der Waals surface area contributed by atoms with Crippen LogP contribution >= 0.6 is 15.9 Å². The van der Waals surface area contributed by atoms with Crippen LogP contribution in [0.1, 0.15) is 15.9 Å². The van der Waals surface area contributed by atoms with E-state index in [2.05, 4.69) is 20.9 Å². The first-order chi connectivity index (χ1) is 8.99. The zero-order valence-corrected chi connectivity index (χ0v) is 11.4. The predicted octanol–water partition coefficient (Wildman–Crippen LogP) is 3.78. The lowest BCUT2D eigenvalue weighted by atomic mass is 10.2. The summed E-state index contributed by atoms with van der Waals surface area (Å²) in [4.78, 5) is 14.9. The highest BCUT2D eigenvalue weighted by Crippen LogP contribution is 2.28. The van der Waals surface area contributed by atoms with Gasteiger partial charge >= 0.3 is 5.97 Å². The number of aromatic nitrogens is 1. The van der Waals surface area contributed by atoms with Gasteiger partial charge in [-0.1, -0.05) is 12.1 Å². The number of carboxylic acids is 1. The minimum Gasteiger partial charge on any atom is -0.477 e. The first-order valence-electron chi connectivity index (χ1n) is 5.31. The van der Waals surface area contributed by atoms with Crippen molar-refractivity contribution in [2.75, 3.05) is 0 Å². The van der Waals surface area contributed by atoms with Gasteiger partial charge in [0.1, 0.15) is 5.56 Å². The molecule has 19 heavy (non-hydrogen) atoms. The molecule has 0 aliphatic carbocycles. The molecule has 98 valence electrons. The van der Waals surface area contributed by atoms with Crippen molar-refractivity contribution in [2.45, 2.75) is 6.92 Å². The van der Waals surface area contributed by atoms with Crippen LogP contribution in [0, 0.1) is 12.7 Å². The molecule has 6 heteroatoms. The van der Waals surface area contributed by atoms with Crippen molar-refractivity contribution in [2.24, 2.45) is 0 Å². The van der Waals surface area contributed by atoms with Crippen molar-refractivity contribution in [1.82, 2.24) is 4.98 Å². The zero-order chi connectivity index (χ0) is 14.0. The Balaban J connectivity index is 2.44. The average Bonchev–Trinajstić information content (AvgIpc) is 2.36. The second kappa shape index (κ2) is 5.36. The molecule has 1 heterocycles. The van der Waals surface area contributed by atoms with Crippen LogP contribution in [0.5, 0.6) is 11.6 Å². The van der Waals surface area contributed by atoms with Crippen LogP contribution in [0.3, 0.4) is 0 Å². The predicted molar refractivity (Wildman–Crippen MR) is 70.1 cm³/mol. The minimum absolute atomic E-state index is 0.0580. The van der Waals surface area contributed by atoms with Crippen LogP contribution in [0.15, 0.2) is 34.9 Å². The number of halogens is 2. The number of carbonyl (C=O) groups is 1. The fourth-order valence-electron chi connectivity index (χ4n) is 1.46. The summed E-state index contributed by atoms with van der Waals surface area (Å²) in [7, 11) is 0. The number of hydrogen-bond donors (Lipinski definition) is 1. The smallest absolute Gasteiger partial charge is 0.341 e. The Kier molecular flexibility index (Phi) is 3.80. The molecule has 0 unspecified atom stereocenters. The fraction of sp³-hybridized carbons (Fsp3) is 0.0769. The summed E-state index contributed by atoms with van der Waals surface area (Å²) in [6, 6.07) is 5.97. The number of ether oxygens (including phenoxy) is 1. The third kappa shape index (κ3) is 2.90. The normalized spacial score (nSPS) is 10.3. The Morgan fingerprint density at radius 1 is 1.47 bits per heavy atom. The third-order valence-electron chi connectivity index (χ3n) is 2.41. The maximum Gasteiger partial charge on any atom is 0.341 e. The van der Waals surface area contributed by atoms with E-state index in [9.17, 15) is 9.18 Å². The van der Waals surface area contributed by atoms with Gasteiger partial charge in [0.25, 0.3) is 0 Å². The summed E-state index contributed by atoms with van der Waals surface area (Å²) in [5.74, 6) is -1.95. The number of pyridine rings is 1. The molecule has 0 amide bonds. The summed E-state index contributed by atoms with van der Waals surface area (Å²) in [6.07, 6.45) is 1.38. The van der Waals surface area contributed by atoms with Crippen LogP contribution in [0.25, 0.3) is 0 Å². The number of nitrogens with zero attached hydrogens (tertiary/aromatic N) is 1. The van der Waals surface area contributed by atoms with Crippen LogP contribution < -0.4 is 4.74 Å². The molecule has 1 aromatic carbocycles. The molecule has 0 radical (unpaired) electrons. The van der Waals surface area contributed by atoms with E-state index in [1.807, 2.05) is 0 Å². The number of carboxylic acid groups (broad SMARTS) is 1. The first kappa shape index (κ1) is 13.5. The summed E-state index contributed by atoms with van der Waals surface area (Å²) in [5, 5.41) is 9.06. The molecule has 1 N–H and O–H groups in total. The highest BCUT2D eigenvalue weighted by molar-refractivity contribution is 9.10. The molecule has 0 saturated carbocycles. The first-order valence-corrected chi connectivity index (χ1v) is 6.10. The molecule has 1 aromatic heterocycles. The van der Waals surface area contributed by atoms with Crippen LogP contribution in [-0.4, -0.2) is 16.1 Å². The van der Waals surface area contributed by atoms with E-state index in [1.165, 1.54) is 18.3 Å². The number of hydrogen-bond acceptors (Lipinski definition) is 3. The Morgan fingerprint density at radius 3 is 2.89 bits per heavy atom. The largest absolute Gasteiger partial charge is 0.477 e. The maximum absolute atomic E-state index is 13.8. The highest BCUT2D eigenvalue weighted by atomic mass is 79.9. The fourth-order valence-corrected chi connectivity index (χ4v) is 1.80. The van der Waals surface area contributed by atoms with Crippen molar-refractivity contribution in [3.05, 3.63) is 51.9 Å². The van der Waals surface area contributed by atoms with E-state index in [0.29, 0.717) is 10.0 Å². The van der Waals surface area contributed by atoms with Gasteiger partial charge in [0.15, 0.2) is 11.6 Å². The number of aromatic carboxylic acids is 1. The minimum atomic E-state index is -1.20. The van der Waals surface area contributed by atoms with Gasteiger partial charge in [-0.15, -0.1) is 0 Å².